The van der Waals surface area contributed by atoms with E-state index in [4.69, 9.17) is 0 Å². The molecule has 3 aromatic rings. The van der Waals surface area contributed by atoms with E-state index in [9.17, 15) is 9.18 Å². The summed E-state index contributed by atoms with van der Waals surface area (Å²) in [6.07, 6.45) is 3.22. The largest absolute Gasteiger partial charge is 0.269 e. The number of rotatable bonds is 4. The van der Waals surface area contributed by atoms with Crippen LogP contribution in [0, 0.1) is 5.82 Å². The molecule has 4 rings (SSSR count). The third-order valence-corrected chi connectivity index (χ3v) is 4.32. The second kappa shape index (κ2) is 5.54. The van der Waals surface area contributed by atoms with E-state index in [0.29, 0.717) is 11.4 Å². The molecule has 1 amide bonds. The third kappa shape index (κ3) is 2.50. The molecule has 2 aromatic heterocycles. The molecule has 23 heavy (non-hydrogen) atoms. The van der Waals surface area contributed by atoms with Crippen LogP contribution in [0.5, 0.6) is 0 Å². The van der Waals surface area contributed by atoms with E-state index in [1.165, 1.54) is 28.6 Å². The van der Waals surface area contributed by atoms with Crippen molar-refractivity contribution in [1.82, 2.24) is 20.2 Å². The van der Waals surface area contributed by atoms with Gasteiger partial charge in [-0.05, 0) is 30.4 Å². The number of nitrogens with zero attached hydrogens (tertiary/aromatic N) is 4. The zero-order valence-electron chi connectivity index (χ0n) is 11.9. The lowest BCUT2D eigenvalue weighted by molar-refractivity contribution is 0.0993. The first-order valence-electron chi connectivity index (χ1n) is 7.12. The summed E-state index contributed by atoms with van der Waals surface area (Å²) in [5, 5.41) is 8.09. The minimum atomic E-state index is -0.521. The number of H-pyrrole nitrogens is 1. The first-order chi connectivity index (χ1) is 11.3. The van der Waals surface area contributed by atoms with Gasteiger partial charge in [0.15, 0.2) is 5.82 Å². The second-order valence-electron chi connectivity index (χ2n) is 5.28. The smallest absolute Gasteiger partial charge is 0.268 e. The predicted octanol–water partition coefficient (Wildman–Crippen LogP) is 3.26. The fourth-order valence-corrected chi connectivity index (χ4v) is 2.99. The first-order valence-corrected chi connectivity index (χ1v) is 8.06. The van der Waals surface area contributed by atoms with E-state index in [-0.39, 0.29) is 17.4 Å². The Labute approximate surface area is 135 Å². The molecule has 0 atom stereocenters. The number of carbonyl (C=O) groups excluding carboxylic acids is 1. The van der Waals surface area contributed by atoms with Crippen molar-refractivity contribution < 1.29 is 9.18 Å². The lowest BCUT2D eigenvalue weighted by Gasteiger charge is -2.18. The van der Waals surface area contributed by atoms with Gasteiger partial charge < -0.3 is 0 Å². The highest BCUT2D eigenvalue weighted by Gasteiger charge is 2.31. The van der Waals surface area contributed by atoms with Crippen LogP contribution in [-0.4, -0.2) is 26.1 Å². The average Bonchev–Trinajstić information content (AvgIpc) is 3.02. The van der Waals surface area contributed by atoms with Crippen molar-refractivity contribution in [1.29, 1.82) is 0 Å². The van der Waals surface area contributed by atoms with Gasteiger partial charge in [0.25, 0.3) is 5.91 Å². The van der Waals surface area contributed by atoms with E-state index in [1.807, 2.05) is 0 Å². The second-order valence-corrected chi connectivity index (χ2v) is 6.00. The Bertz CT molecular complexity index is 795. The molecule has 1 aliphatic carbocycles. The Kier molecular flexibility index (Phi) is 3.38. The van der Waals surface area contributed by atoms with Crippen molar-refractivity contribution in [3.63, 3.8) is 0 Å². The van der Waals surface area contributed by atoms with Crippen LogP contribution in [0.4, 0.5) is 16.2 Å². The summed E-state index contributed by atoms with van der Waals surface area (Å²) < 4.78 is 14.7. The van der Waals surface area contributed by atoms with E-state index < -0.39 is 11.7 Å². The Hall–Kier alpha value is -2.61. The molecule has 0 bridgehead atoms. The summed E-state index contributed by atoms with van der Waals surface area (Å²) in [5.74, 6) is -0.168. The molecule has 0 unspecified atom stereocenters. The van der Waals surface area contributed by atoms with Crippen LogP contribution in [0.2, 0.25) is 0 Å². The van der Waals surface area contributed by atoms with Crippen LogP contribution in [0.15, 0.2) is 35.4 Å². The van der Waals surface area contributed by atoms with Gasteiger partial charge in [0, 0.05) is 5.38 Å². The van der Waals surface area contributed by atoms with Gasteiger partial charge in [-0.2, -0.15) is 10.1 Å². The monoisotopic (exact) mass is 329 g/mol. The maximum atomic E-state index is 14.7. The standard InChI is InChI=1S/C15H12FN5OS/c16-13-10(9-4-5-9)2-1-3-11(13)14(22)21(12-6-23-8-18-12)15-17-7-19-20-15/h1-3,6-9H,4-5H2,(H,17,19,20). The van der Waals surface area contributed by atoms with Gasteiger partial charge in [0.05, 0.1) is 11.1 Å². The molecular weight excluding hydrogens is 317 g/mol. The van der Waals surface area contributed by atoms with Crippen LogP contribution in [0.25, 0.3) is 0 Å². The fraction of sp³-hybridized carbons (Fsp3) is 0.200. The lowest BCUT2D eigenvalue weighted by Crippen LogP contribution is -2.28. The summed E-state index contributed by atoms with van der Waals surface area (Å²) in [7, 11) is 0. The number of halogens is 1. The van der Waals surface area contributed by atoms with Gasteiger partial charge in [-0.1, -0.05) is 12.1 Å². The van der Waals surface area contributed by atoms with Crippen LogP contribution >= 0.6 is 11.3 Å². The summed E-state index contributed by atoms with van der Waals surface area (Å²) in [5.41, 5.74) is 2.22. The Balaban J connectivity index is 1.78. The van der Waals surface area contributed by atoms with Crippen molar-refractivity contribution >= 4 is 29.0 Å². The third-order valence-electron chi connectivity index (χ3n) is 3.74. The highest BCUT2D eigenvalue weighted by Crippen LogP contribution is 2.42. The van der Waals surface area contributed by atoms with Crippen LogP contribution < -0.4 is 4.90 Å². The fourth-order valence-electron chi connectivity index (χ4n) is 2.48. The van der Waals surface area contributed by atoms with Crippen LogP contribution in [0.3, 0.4) is 0 Å². The maximum Gasteiger partial charge on any atom is 0.269 e. The number of nitrogens with one attached hydrogen (secondary N) is 1. The number of anilines is 2. The zero-order valence-corrected chi connectivity index (χ0v) is 12.8. The van der Waals surface area contributed by atoms with Crippen molar-refractivity contribution in [2.24, 2.45) is 0 Å². The topological polar surface area (TPSA) is 74.8 Å². The number of hydrogen-bond donors (Lipinski definition) is 1. The Morgan fingerprint density at radius 2 is 2.22 bits per heavy atom. The maximum absolute atomic E-state index is 14.7. The van der Waals surface area contributed by atoms with E-state index in [1.54, 1.807) is 23.0 Å². The van der Waals surface area contributed by atoms with Crippen molar-refractivity contribution in [2.45, 2.75) is 18.8 Å². The quantitative estimate of drug-likeness (QED) is 0.797. The number of amides is 1. The number of thiazole rings is 1. The van der Waals surface area contributed by atoms with Gasteiger partial charge >= 0.3 is 0 Å². The number of hydrogen-bond acceptors (Lipinski definition) is 5. The molecule has 0 spiro atoms. The van der Waals surface area contributed by atoms with E-state index in [2.05, 4.69) is 20.2 Å². The lowest BCUT2D eigenvalue weighted by atomic mass is 10.0. The number of aromatic nitrogens is 4. The normalized spacial score (nSPS) is 14.0. The predicted molar refractivity (Wildman–Crippen MR) is 83.3 cm³/mol. The molecule has 0 saturated heterocycles. The van der Waals surface area contributed by atoms with Gasteiger partial charge in [0.2, 0.25) is 5.95 Å². The van der Waals surface area contributed by atoms with Crippen LogP contribution in [-0.2, 0) is 0 Å². The minimum absolute atomic E-state index is 0.0128. The Morgan fingerprint density at radius 3 is 2.87 bits per heavy atom. The molecule has 1 N–H and O–H groups in total. The molecule has 2 heterocycles. The summed E-state index contributed by atoms with van der Waals surface area (Å²) >= 11 is 1.34. The SMILES string of the molecule is O=C(c1cccc(C2CC2)c1F)N(c1cscn1)c1ncn[nH]1. The van der Waals surface area contributed by atoms with Gasteiger partial charge in [-0.15, -0.1) is 11.3 Å². The number of benzene rings is 1. The average molecular weight is 329 g/mol. The van der Waals surface area contributed by atoms with Gasteiger partial charge in [-0.25, -0.2) is 19.4 Å². The Morgan fingerprint density at radius 1 is 1.35 bits per heavy atom. The zero-order chi connectivity index (χ0) is 15.8. The molecule has 8 heteroatoms. The van der Waals surface area contributed by atoms with Gasteiger partial charge in [-0.3, -0.25) is 4.79 Å². The van der Waals surface area contributed by atoms with Crippen molar-refractivity contribution in [3.05, 3.63) is 52.4 Å². The molecule has 1 aromatic carbocycles. The van der Waals surface area contributed by atoms with Crippen molar-refractivity contribution in [2.75, 3.05) is 4.90 Å². The van der Waals surface area contributed by atoms with E-state index >= 15 is 0 Å². The highest BCUT2D eigenvalue weighted by molar-refractivity contribution is 7.07. The molecule has 6 nitrogen and oxygen atoms in total. The molecular formula is C15H12FN5OS. The van der Waals surface area contributed by atoms with Crippen LogP contribution in [0.1, 0.15) is 34.7 Å². The number of carbonyl (C=O) groups is 1. The molecule has 1 aliphatic rings. The van der Waals surface area contributed by atoms with Crippen molar-refractivity contribution in [3.8, 4) is 0 Å². The number of aromatic amines is 1. The first kappa shape index (κ1) is 14.0. The highest BCUT2D eigenvalue weighted by atomic mass is 32.1. The summed E-state index contributed by atoms with van der Waals surface area (Å²) in [6.45, 7) is 0. The molecule has 0 aliphatic heterocycles. The molecule has 1 saturated carbocycles. The molecule has 1 fully saturated rings. The van der Waals surface area contributed by atoms with Gasteiger partial charge in [0.1, 0.15) is 12.1 Å². The van der Waals surface area contributed by atoms with E-state index in [0.717, 1.165) is 12.8 Å². The minimum Gasteiger partial charge on any atom is -0.268 e. The summed E-state index contributed by atoms with van der Waals surface area (Å²) in [4.78, 5) is 22.3. The molecule has 0 radical (unpaired) electrons. The summed E-state index contributed by atoms with van der Waals surface area (Å²) in [6, 6.07) is 4.94. The molecule has 116 valence electrons.